The molecule has 15 heavy (non-hydrogen) atoms. The van der Waals surface area contributed by atoms with Crippen LogP contribution in [0.1, 0.15) is 23.7 Å². The predicted octanol–water partition coefficient (Wildman–Crippen LogP) is 2.13. The van der Waals surface area contributed by atoms with Crippen LogP contribution in [0.5, 0.6) is 0 Å². The van der Waals surface area contributed by atoms with Gasteiger partial charge in [0.15, 0.2) is 5.78 Å². The number of benzene rings is 1. The molecule has 0 bridgehead atoms. The van der Waals surface area contributed by atoms with Gasteiger partial charge >= 0.3 is 0 Å². The maximum atomic E-state index is 13.2. The maximum Gasteiger partial charge on any atom is 0.168 e. The molecule has 0 aromatic heterocycles. The van der Waals surface area contributed by atoms with Crippen LogP contribution in [-0.4, -0.2) is 12.3 Å². The molecule has 0 heterocycles. The molecule has 2 nitrogen and oxygen atoms in total. The van der Waals surface area contributed by atoms with Crippen molar-refractivity contribution in [2.24, 2.45) is 11.7 Å². The highest BCUT2D eigenvalue weighted by Gasteiger charge is 2.18. The second kappa shape index (κ2) is 4.98. The van der Waals surface area contributed by atoms with Crippen LogP contribution < -0.4 is 5.73 Å². The summed E-state index contributed by atoms with van der Waals surface area (Å²) < 4.78 is 25.8. The first-order chi connectivity index (χ1) is 7.06. The van der Waals surface area contributed by atoms with Crippen LogP contribution in [0.3, 0.4) is 0 Å². The summed E-state index contributed by atoms with van der Waals surface area (Å²) in [5.41, 5.74) is 5.23. The van der Waals surface area contributed by atoms with Gasteiger partial charge in [-0.15, -0.1) is 0 Å². The lowest BCUT2D eigenvalue weighted by atomic mass is 9.96. The quantitative estimate of drug-likeness (QED) is 0.778. The van der Waals surface area contributed by atoms with Crippen molar-refractivity contribution in [3.05, 3.63) is 35.4 Å². The topological polar surface area (TPSA) is 43.1 Å². The highest BCUT2D eigenvalue weighted by atomic mass is 19.1. The second-order valence-corrected chi connectivity index (χ2v) is 3.47. The van der Waals surface area contributed by atoms with Crippen LogP contribution in [-0.2, 0) is 0 Å². The van der Waals surface area contributed by atoms with Crippen LogP contribution in [0.2, 0.25) is 0 Å². The Bertz CT molecular complexity index is 366. The third kappa shape index (κ3) is 2.83. The second-order valence-electron chi connectivity index (χ2n) is 3.47. The first-order valence-corrected chi connectivity index (χ1v) is 4.75. The van der Waals surface area contributed by atoms with Gasteiger partial charge in [0.25, 0.3) is 0 Å². The Labute approximate surface area is 87.1 Å². The van der Waals surface area contributed by atoms with Crippen LogP contribution >= 0.6 is 0 Å². The Morgan fingerprint density at radius 2 is 2.13 bits per heavy atom. The fraction of sp³-hybridized carbons (Fsp3) is 0.364. The van der Waals surface area contributed by atoms with Crippen molar-refractivity contribution < 1.29 is 13.6 Å². The summed E-state index contributed by atoms with van der Waals surface area (Å²) in [6.07, 6.45) is 0.496. The van der Waals surface area contributed by atoms with Gasteiger partial charge < -0.3 is 5.73 Å². The van der Waals surface area contributed by atoms with E-state index in [0.717, 1.165) is 6.07 Å². The van der Waals surface area contributed by atoms with E-state index in [-0.39, 0.29) is 17.3 Å². The third-order valence-electron chi connectivity index (χ3n) is 2.24. The van der Waals surface area contributed by atoms with E-state index in [1.54, 1.807) is 6.92 Å². The van der Waals surface area contributed by atoms with Gasteiger partial charge in [-0.3, -0.25) is 4.79 Å². The lowest BCUT2D eigenvalue weighted by Crippen LogP contribution is -2.17. The Kier molecular flexibility index (Phi) is 3.91. The standard InChI is InChI=1S/C11H13F2NO/c1-7(4-5-14)11(15)9-3-2-8(12)6-10(9)13/h2-3,6-7H,4-5,14H2,1H3. The van der Waals surface area contributed by atoms with Gasteiger partial charge in [-0.05, 0) is 25.1 Å². The van der Waals surface area contributed by atoms with Gasteiger partial charge in [-0.25, -0.2) is 8.78 Å². The smallest absolute Gasteiger partial charge is 0.168 e. The normalized spacial score (nSPS) is 12.5. The number of rotatable bonds is 4. The summed E-state index contributed by atoms with van der Waals surface area (Å²) in [7, 11) is 0. The predicted molar refractivity (Wildman–Crippen MR) is 53.5 cm³/mol. The fourth-order valence-electron chi connectivity index (χ4n) is 1.34. The number of carbonyl (C=O) groups excluding carboxylic acids is 1. The van der Waals surface area contributed by atoms with Gasteiger partial charge in [0.1, 0.15) is 11.6 Å². The molecule has 4 heteroatoms. The van der Waals surface area contributed by atoms with Crippen molar-refractivity contribution in [3.63, 3.8) is 0 Å². The van der Waals surface area contributed by atoms with Gasteiger partial charge in [0.05, 0.1) is 5.56 Å². The van der Waals surface area contributed by atoms with E-state index in [1.807, 2.05) is 0 Å². The molecule has 0 aliphatic heterocycles. The number of halogens is 2. The van der Waals surface area contributed by atoms with Crippen LogP contribution in [0.25, 0.3) is 0 Å². The Hall–Kier alpha value is -1.29. The van der Waals surface area contributed by atoms with Gasteiger partial charge in [-0.2, -0.15) is 0 Å². The number of hydrogen-bond acceptors (Lipinski definition) is 2. The molecule has 0 amide bonds. The molecule has 2 N–H and O–H groups in total. The lowest BCUT2D eigenvalue weighted by molar-refractivity contribution is 0.0921. The molecule has 1 atom stereocenters. The largest absolute Gasteiger partial charge is 0.330 e. The molecule has 0 saturated carbocycles. The molecule has 0 radical (unpaired) electrons. The minimum Gasteiger partial charge on any atom is -0.330 e. The summed E-state index contributed by atoms with van der Waals surface area (Å²) in [6.45, 7) is 2.05. The van der Waals surface area contributed by atoms with E-state index in [1.165, 1.54) is 6.07 Å². The molecule has 1 aromatic rings. The highest BCUT2D eigenvalue weighted by molar-refractivity contribution is 5.97. The minimum absolute atomic E-state index is 0.0719. The van der Waals surface area contributed by atoms with E-state index < -0.39 is 11.6 Å². The van der Waals surface area contributed by atoms with Gasteiger partial charge in [-0.1, -0.05) is 6.92 Å². The first kappa shape index (κ1) is 11.8. The Morgan fingerprint density at radius 1 is 1.47 bits per heavy atom. The van der Waals surface area contributed by atoms with Crippen molar-refractivity contribution in [1.82, 2.24) is 0 Å². The van der Waals surface area contributed by atoms with E-state index in [4.69, 9.17) is 5.73 Å². The monoisotopic (exact) mass is 213 g/mol. The zero-order chi connectivity index (χ0) is 11.4. The molecule has 0 aliphatic rings. The molecule has 0 saturated heterocycles. The zero-order valence-corrected chi connectivity index (χ0v) is 8.47. The molecule has 1 aromatic carbocycles. The van der Waals surface area contributed by atoms with Crippen molar-refractivity contribution in [2.45, 2.75) is 13.3 Å². The summed E-state index contributed by atoms with van der Waals surface area (Å²) in [5.74, 6) is -2.17. The molecule has 0 fully saturated rings. The average molecular weight is 213 g/mol. The van der Waals surface area contributed by atoms with Gasteiger partial charge in [0, 0.05) is 12.0 Å². The number of nitrogens with two attached hydrogens (primary N) is 1. The molecule has 1 rings (SSSR count). The molecule has 1 unspecified atom stereocenters. The number of carbonyl (C=O) groups is 1. The lowest BCUT2D eigenvalue weighted by Gasteiger charge is -2.09. The van der Waals surface area contributed by atoms with E-state index in [0.29, 0.717) is 19.0 Å². The van der Waals surface area contributed by atoms with Crippen LogP contribution in [0, 0.1) is 17.6 Å². The van der Waals surface area contributed by atoms with Crippen LogP contribution in [0.4, 0.5) is 8.78 Å². The van der Waals surface area contributed by atoms with Crippen molar-refractivity contribution in [3.8, 4) is 0 Å². The highest BCUT2D eigenvalue weighted by Crippen LogP contribution is 2.16. The molecule has 0 spiro atoms. The molecule has 0 aliphatic carbocycles. The minimum atomic E-state index is -0.816. The number of ketones is 1. The zero-order valence-electron chi connectivity index (χ0n) is 8.47. The molecular weight excluding hydrogens is 200 g/mol. The third-order valence-corrected chi connectivity index (χ3v) is 2.24. The summed E-state index contributed by atoms with van der Waals surface area (Å²) in [4.78, 5) is 11.6. The summed E-state index contributed by atoms with van der Waals surface area (Å²) in [5, 5.41) is 0. The van der Waals surface area contributed by atoms with Crippen molar-refractivity contribution >= 4 is 5.78 Å². The Balaban J connectivity index is 2.91. The summed E-state index contributed by atoms with van der Waals surface area (Å²) >= 11 is 0. The van der Waals surface area contributed by atoms with E-state index in [2.05, 4.69) is 0 Å². The number of hydrogen-bond donors (Lipinski definition) is 1. The van der Waals surface area contributed by atoms with Gasteiger partial charge in [0.2, 0.25) is 0 Å². The average Bonchev–Trinajstić information content (AvgIpc) is 2.17. The number of Topliss-reactive ketones (excluding diaryl/α,β-unsaturated/α-hetero) is 1. The first-order valence-electron chi connectivity index (χ1n) is 4.75. The SMILES string of the molecule is CC(CCN)C(=O)c1ccc(F)cc1F. The molecule has 82 valence electrons. The van der Waals surface area contributed by atoms with Crippen molar-refractivity contribution in [1.29, 1.82) is 0 Å². The molecular formula is C11H13F2NO. The fourth-order valence-corrected chi connectivity index (χ4v) is 1.34. The Morgan fingerprint density at radius 3 is 2.67 bits per heavy atom. The van der Waals surface area contributed by atoms with E-state index >= 15 is 0 Å². The summed E-state index contributed by atoms with van der Waals surface area (Å²) in [6, 6.07) is 2.95. The van der Waals surface area contributed by atoms with Crippen molar-refractivity contribution in [2.75, 3.05) is 6.54 Å². The van der Waals surface area contributed by atoms with E-state index in [9.17, 15) is 13.6 Å². The maximum absolute atomic E-state index is 13.2. The van der Waals surface area contributed by atoms with Crippen LogP contribution in [0.15, 0.2) is 18.2 Å².